The number of hydrogen-bond acceptors (Lipinski definition) is 4. The molecule has 0 aliphatic heterocycles. The van der Waals surface area contributed by atoms with Crippen molar-refractivity contribution in [2.24, 2.45) is 0 Å². The molecule has 0 heterocycles. The van der Waals surface area contributed by atoms with Crippen LogP contribution < -0.4 is 9.62 Å². The Labute approximate surface area is 226 Å². The SMILES string of the molecule is CCCNC(=O)C(CC)N(Cc1ccccc1C)C(=O)CN(c1ccccc1C)S(=O)(=O)c1ccccc1. The van der Waals surface area contributed by atoms with Gasteiger partial charge in [-0.2, -0.15) is 0 Å². The third kappa shape index (κ3) is 6.81. The van der Waals surface area contributed by atoms with Crippen molar-refractivity contribution in [3.63, 3.8) is 0 Å². The first-order chi connectivity index (χ1) is 18.2. The predicted molar refractivity (Wildman–Crippen MR) is 151 cm³/mol. The second-order valence-corrected chi connectivity index (χ2v) is 11.1. The molecule has 0 fully saturated rings. The lowest BCUT2D eigenvalue weighted by Gasteiger charge is -2.34. The highest BCUT2D eigenvalue weighted by molar-refractivity contribution is 7.92. The van der Waals surface area contributed by atoms with Crippen LogP contribution in [0.1, 0.15) is 43.4 Å². The Bertz CT molecular complexity index is 1340. The third-order valence-electron chi connectivity index (χ3n) is 6.53. The number of rotatable bonds is 12. The van der Waals surface area contributed by atoms with E-state index in [1.165, 1.54) is 17.0 Å². The molecule has 0 saturated carbocycles. The minimum absolute atomic E-state index is 0.0919. The maximum absolute atomic E-state index is 14.1. The van der Waals surface area contributed by atoms with E-state index in [1.807, 2.05) is 64.1 Å². The van der Waals surface area contributed by atoms with E-state index >= 15 is 0 Å². The fraction of sp³-hybridized carbons (Fsp3) is 0.333. The van der Waals surface area contributed by atoms with Gasteiger partial charge in [0.1, 0.15) is 12.6 Å². The lowest BCUT2D eigenvalue weighted by atomic mass is 10.1. The van der Waals surface area contributed by atoms with Gasteiger partial charge in [0.15, 0.2) is 0 Å². The van der Waals surface area contributed by atoms with Gasteiger partial charge >= 0.3 is 0 Å². The lowest BCUT2D eigenvalue weighted by molar-refractivity contribution is -0.140. The van der Waals surface area contributed by atoms with Crippen LogP contribution in [0.15, 0.2) is 83.8 Å². The van der Waals surface area contributed by atoms with Crippen molar-refractivity contribution in [1.82, 2.24) is 10.2 Å². The van der Waals surface area contributed by atoms with E-state index in [0.717, 1.165) is 27.4 Å². The fourth-order valence-corrected chi connectivity index (χ4v) is 5.83. The molecule has 0 saturated heterocycles. The number of anilines is 1. The van der Waals surface area contributed by atoms with Gasteiger partial charge in [0.2, 0.25) is 11.8 Å². The van der Waals surface area contributed by atoms with Crippen LogP contribution in [0.3, 0.4) is 0 Å². The summed E-state index contributed by atoms with van der Waals surface area (Å²) in [6.07, 6.45) is 1.16. The number of sulfonamides is 1. The van der Waals surface area contributed by atoms with Crippen LogP contribution in [0.5, 0.6) is 0 Å². The van der Waals surface area contributed by atoms with Crippen molar-refractivity contribution >= 4 is 27.5 Å². The highest BCUT2D eigenvalue weighted by Gasteiger charge is 2.34. The van der Waals surface area contributed by atoms with Crippen molar-refractivity contribution in [1.29, 1.82) is 0 Å². The first-order valence-corrected chi connectivity index (χ1v) is 14.4. The number of aryl methyl sites for hydroxylation is 2. The van der Waals surface area contributed by atoms with Crippen LogP contribution in [0.4, 0.5) is 5.69 Å². The third-order valence-corrected chi connectivity index (χ3v) is 8.31. The zero-order chi connectivity index (χ0) is 27.7. The summed E-state index contributed by atoms with van der Waals surface area (Å²) in [6.45, 7) is 7.84. The number of nitrogens with one attached hydrogen (secondary N) is 1. The molecule has 0 spiro atoms. The molecule has 1 atom stereocenters. The molecule has 0 aromatic heterocycles. The number of carbonyl (C=O) groups is 2. The van der Waals surface area contributed by atoms with E-state index in [-0.39, 0.29) is 17.3 Å². The first-order valence-electron chi connectivity index (χ1n) is 13.0. The number of amides is 2. The van der Waals surface area contributed by atoms with Crippen molar-refractivity contribution in [2.75, 3.05) is 17.4 Å². The highest BCUT2D eigenvalue weighted by Crippen LogP contribution is 2.27. The standard InChI is InChI=1S/C30H37N3O4S/c1-5-20-31-30(35)27(6-2)32(21-25-16-12-10-14-23(25)3)29(34)22-33(28-19-13-11-15-24(28)4)38(36,37)26-17-8-7-9-18-26/h7-19,27H,5-6,20-22H2,1-4H3,(H,31,35). The lowest BCUT2D eigenvalue weighted by Crippen LogP contribution is -2.52. The molecule has 38 heavy (non-hydrogen) atoms. The zero-order valence-corrected chi connectivity index (χ0v) is 23.4. The van der Waals surface area contributed by atoms with Crippen LogP contribution in [-0.4, -0.2) is 44.3 Å². The number of para-hydroxylation sites is 1. The van der Waals surface area contributed by atoms with E-state index in [0.29, 0.717) is 18.7 Å². The molecular weight excluding hydrogens is 498 g/mol. The molecule has 0 radical (unpaired) electrons. The van der Waals surface area contributed by atoms with Gasteiger partial charge in [-0.25, -0.2) is 8.42 Å². The van der Waals surface area contributed by atoms with Crippen molar-refractivity contribution < 1.29 is 18.0 Å². The molecule has 3 aromatic carbocycles. The summed E-state index contributed by atoms with van der Waals surface area (Å²) < 4.78 is 28.8. The number of benzene rings is 3. The Morgan fingerprint density at radius 1 is 0.842 bits per heavy atom. The Balaban J connectivity index is 2.06. The molecule has 0 bridgehead atoms. The van der Waals surface area contributed by atoms with E-state index in [1.54, 1.807) is 30.3 Å². The van der Waals surface area contributed by atoms with E-state index in [2.05, 4.69) is 5.32 Å². The van der Waals surface area contributed by atoms with Gasteiger partial charge in [0.05, 0.1) is 10.6 Å². The number of nitrogens with zero attached hydrogens (tertiary/aromatic N) is 2. The minimum Gasteiger partial charge on any atom is -0.354 e. The van der Waals surface area contributed by atoms with Crippen molar-refractivity contribution in [3.8, 4) is 0 Å². The Kier molecular flexibility index (Phi) is 10.1. The van der Waals surface area contributed by atoms with Gasteiger partial charge in [-0.3, -0.25) is 13.9 Å². The van der Waals surface area contributed by atoms with Gasteiger partial charge in [0.25, 0.3) is 10.0 Å². The maximum atomic E-state index is 14.1. The van der Waals surface area contributed by atoms with Crippen molar-refractivity contribution in [3.05, 3.63) is 95.6 Å². The molecule has 1 unspecified atom stereocenters. The van der Waals surface area contributed by atoms with E-state index in [9.17, 15) is 18.0 Å². The average Bonchev–Trinajstić information content (AvgIpc) is 2.92. The van der Waals surface area contributed by atoms with Gasteiger partial charge in [-0.15, -0.1) is 0 Å². The Morgan fingerprint density at radius 2 is 1.45 bits per heavy atom. The van der Waals surface area contributed by atoms with Crippen molar-refractivity contribution in [2.45, 2.75) is 58.0 Å². The second kappa shape index (κ2) is 13.2. The number of carbonyl (C=O) groups excluding carboxylic acids is 2. The molecule has 0 aliphatic rings. The summed E-state index contributed by atoms with van der Waals surface area (Å²) in [5.41, 5.74) is 3.03. The normalized spacial score (nSPS) is 12.0. The van der Waals surface area contributed by atoms with Crippen LogP contribution in [-0.2, 0) is 26.2 Å². The number of hydrogen-bond donors (Lipinski definition) is 1. The van der Waals surface area contributed by atoms with Gasteiger partial charge < -0.3 is 10.2 Å². The van der Waals surface area contributed by atoms with E-state index in [4.69, 9.17) is 0 Å². The fourth-order valence-electron chi connectivity index (χ4n) is 4.33. The molecule has 0 aliphatic carbocycles. The molecule has 7 nitrogen and oxygen atoms in total. The minimum atomic E-state index is -4.07. The quantitative estimate of drug-likeness (QED) is 0.360. The Morgan fingerprint density at radius 3 is 2.05 bits per heavy atom. The topological polar surface area (TPSA) is 86.8 Å². The van der Waals surface area contributed by atoms with Gasteiger partial charge in [-0.05, 0) is 61.6 Å². The second-order valence-electron chi connectivity index (χ2n) is 9.27. The summed E-state index contributed by atoms with van der Waals surface area (Å²) in [4.78, 5) is 28.8. The molecule has 2 amide bonds. The molecule has 3 rings (SSSR count). The van der Waals surface area contributed by atoms with E-state index < -0.39 is 28.5 Å². The summed E-state index contributed by atoms with van der Waals surface area (Å²) >= 11 is 0. The maximum Gasteiger partial charge on any atom is 0.264 e. The van der Waals surface area contributed by atoms with Crippen LogP contribution >= 0.6 is 0 Å². The molecule has 8 heteroatoms. The van der Waals surface area contributed by atoms with Crippen LogP contribution in [0, 0.1) is 13.8 Å². The van der Waals surface area contributed by atoms with Crippen LogP contribution in [0.25, 0.3) is 0 Å². The Hall–Kier alpha value is -3.65. The van der Waals surface area contributed by atoms with Gasteiger partial charge in [-0.1, -0.05) is 74.5 Å². The van der Waals surface area contributed by atoms with Gasteiger partial charge in [0, 0.05) is 13.1 Å². The molecule has 3 aromatic rings. The predicted octanol–water partition coefficient (Wildman–Crippen LogP) is 4.83. The summed E-state index contributed by atoms with van der Waals surface area (Å²) in [7, 11) is -4.07. The van der Waals surface area contributed by atoms with Crippen LogP contribution in [0.2, 0.25) is 0 Å². The molecular formula is C30H37N3O4S. The first kappa shape index (κ1) is 28.9. The molecule has 1 N–H and O–H groups in total. The highest BCUT2D eigenvalue weighted by atomic mass is 32.2. The summed E-state index contributed by atoms with van der Waals surface area (Å²) in [5.74, 6) is -0.695. The largest absolute Gasteiger partial charge is 0.354 e. The smallest absolute Gasteiger partial charge is 0.264 e. The molecule has 202 valence electrons. The zero-order valence-electron chi connectivity index (χ0n) is 22.6. The summed E-state index contributed by atoms with van der Waals surface area (Å²) in [5, 5.41) is 2.90. The monoisotopic (exact) mass is 535 g/mol. The summed E-state index contributed by atoms with van der Waals surface area (Å²) in [6, 6.07) is 22.1. The average molecular weight is 536 g/mol.